The fourth-order valence-electron chi connectivity index (χ4n) is 1.46. The Morgan fingerprint density at radius 2 is 2.21 bits per heavy atom. The first-order valence-corrected chi connectivity index (χ1v) is 5.08. The predicted molar refractivity (Wildman–Crippen MR) is 50.8 cm³/mol. The molecule has 5 heteroatoms. The summed E-state index contributed by atoms with van der Waals surface area (Å²) in [6.45, 7) is 1.71. The maximum atomic E-state index is 11.6. The average molecular weight is 197 g/mol. The van der Waals surface area contributed by atoms with Crippen LogP contribution in [0.5, 0.6) is 0 Å². The molecule has 1 saturated heterocycles. The lowest BCUT2D eigenvalue weighted by atomic mass is 10.4. The van der Waals surface area contributed by atoms with Crippen molar-refractivity contribution in [1.82, 2.24) is 15.5 Å². The topological polar surface area (TPSA) is 61.4 Å². The Kier molecular flexibility index (Phi) is 2.56. The first kappa shape index (κ1) is 9.30. The molecule has 1 heterocycles. The smallest absolute Gasteiger partial charge is 0.317 e. The number of nitrogens with one attached hydrogen (secondary N) is 2. The third-order valence-electron chi connectivity index (χ3n) is 2.50. The van der Waals surface area contributed by atoms with E-state index in [2.05, 4.69) is 10.6 Å². The number of hydrogen-bond donors (Lipinski definition) is 2. The molecule has 0 radical (unpaired) electrons. The number of amides is 3. The molecule has 0 atom stereocenters. The standard InChI is InChI=1S/C9H15N3O2/c13-8-3-5-12(6-4-10-8)9(14)11-7-1-2-7/h7H,1-6H2,(H,10,13)(H,11,14). The van der Waals surface area contributed by atoms with Gasteiger partial charge in [-0.2, -0.15) is 0 Å². The lowest BCUT2D eigenvalue weighted by molar-refractivity contribution is -0.120. The molecule has 0 spiro atoms. The van der Waals surface area contributed by atoms with E-state index in [0.29, 0.717) is 32.1 Å². The van der Waals surface area contributed by atoms with Gasteiger partial charge in [-0.15, -0.1) is 0 Å². The zero-order chi connectivity index (χ0) is 9.97. The summed E-state index contributed by atoms with van der Waals surface area (Å²) < 4.78 is 0. The third kappa shape index (κ3) is 2.37. The van der Waals surface area contributed by atoms with Gasteiger partial charge in [0.25, 0.3) is 0 Å². The number of carbonyl (C=O) groups is 2. The highest BCUT2D eigenvalue weighted by atomic mass is 16.2. The summed E-state index contributed by atoms with van der Waals surface area (Å²) in [4.78, 5) is 24.3. The number of hydrogen-bond acceptors (Lipinski definition) is 2. The monoisotopic (exact) mass is 197 g/mol. The van der Waals surface area contributed by atoms with Crippen LogP contribution in [0.4, 0.5) is 4.79 Å². The number of urea groups is 1. The van der Waals surface area contributed by atoms with Crippen molar-refractivity contribution in [2.75, 3.05) is 19.6 Å². The van der Waals surface area contributed by atoms with Crippen molar-refractivity contribution in [2.45, 2.75) is 25.3 Å². The van der Waals surface area contributed by atoms with Crippen LogP contribution in [-0.4, -0.2) is 42.5 Å². The van der Waals surface area contributed by atoms with E-state index in [9.17, 15) is 9.59 Å². The number of rotatable bonds is 1. The van der Waals surface area contributed by atoms with E-state index in [0.717, 1.165) is 12.8 Å². The number of nitrogens with zero attached hydrogens (tertiary/aromatic N) is 1. The molecule has 1 aliphatic carbocycles. The highest BCUT2D eigenvalue weighted by Crippen LogP contribution is 2.18. The van der Waals surface area contributed by atoms with Crippen molar-refractivity contribution in [3.8, 4) is 0 Å². The second kappa shape index (κ2) is 3.86. The van der Waals surface area contributed by atoms with E-state index in [1.165, 1.54) is 0 Å². The molecule has 2 aliphatic rings. The van der Waals surface area contributed by atoms with Crippen LogP contribution in [0.15, 0.2) is 0 Å². The van der Waals surface area contributed by atoms with Crippen molar-refractivity contribution in [3.63, 3.8) is 0 Å². The Labute approximate surface area is 82.8 Å². The maximum absolute atomic E-state index is 11.6. The number of carbonyl (C=O) groups excluding carboxylic acids is 2. The predicted octanol–water partition coefficient (Wildman–Crippen LogP) is -0.320. The molecular formula is C9H15N3O2. The van der Waals surface area contributed by atoms with Gasteiger partial charge in [0, 0.05) is 32.1 Å². The average Bonchev–Trinajstić information content (AvgIpc) is 2.93. The normalized spacial score (nSPS) is 22.6. The van der Waals surface area contributed by atoms with E-state index >= 15 is 0 Å². The summed E-state index contributed by atoms with van der Waals surface area (Å²) in [6, 6.07) is 0.360. The molecule has 0 bridgehead atoms. The molecule has 2 fully saturated rings. The second-order valence-electron chi connectivity index (χ2n) is 3.81. The van der Waals surface area contributed by atoms with Gasteiger partial charge in [-0.05, 0) is 12.8 Å². The van der Waals surface area contributed by atoms with Gasteiger partial charge >= 0.3 is 6.03 Å². The Morgan fingerprint density at radius 1 is 1.43 bits per heavy atom. The van der Waals surface area contributed by atoms with Crippen molar-refractivity contribution >= 4 is 11.9 Å². The van der Waals surface area contributed by atoms with E-state index in [-0.39, 0.29) is 11.9 Å². The Bertz CT molecular complexity index is 250. The van der Waals surface area contributed by atoms with Crippen molar-refractivity contribution in [3.05, 3.63) is 0 Å². The Balaban J connectivity index is 1.82. The summed E-state index contributed by atoms with van der Waals surface area (Å²) in [5.74, 6) is 0.0340. The fourth-order valence-corrected chi connectivity index (χ4v) is 1.46. The molecule has 0 aromatic carbocycles. The van der Waals surface area contributed by atoms with Gasteiger partial charge in [-0.1, -0.05) is 0 Å². The molecule has 2 rings (SSSR count). The van der Waals surface area contributed by atoms with Gasteiger partial charge < -0.3 is 15.5 Å². The minimum Gasteiger partial charge on any atom is -0.354 e. The first-order valence-electron chi connectivity index (χ1n) is 5.08. The van der Waals surface area contributed by atoms with Crippen LogP contribution in [0.25, 0.3) is 0 Å². The van der Waals surface area contributed by atoms with Crippen LogP contribution in [-0.2, 0) is 4.79 Å². The SMILES string of the molecule is O=C1CCN(C(=O)NC2CC2)CCN1. The van der Waals surface area contributed by atoms with E-state index < -0.39 is 0 Å². The van der Waals surface area contributed by atoms with Crippen LogP contribution in [0.3, 0.4) is 0 Å². The van der Waals surface area contributed by atoms with Gasteiger partial charge in [0.1, 0.15) is 0 Å². The zero-order valence-corrected chi connectivity index (χ0v) is 8.08. The molecule has 0 aromatic heterocycles. The van der Waals surface area contributed by atoms with E-state index in [1.54, 1.807) is 4.90 Å². The van der Waals surface area contributed by atoms with Gasteiger partial charge in [-0.3, -0.25) is 4.79 Å². The highest BCUT2D eigenvalue weighted by Gasteiger charge is 2.26. The van der Waals surface area contributed by atoms with Crippen molar-refractivity contribution < 1.29 is 9.59 Å². The van der Waals surface area contributed by atoms with Crippen molar-refractivity contribution in [2.24, 2.45) is 0 Å². The molecular weight excluding hydrogens is 182 g/mol. The van der Waals surface area contributed by atoms with Gasteiger partial charge in [0.2, 0.25) is 5.91 Å². The van der Waals surface area contributed by atoms with Crippen LogP contribution < -0.4 is 10.6 Å². The van der Waals surface area contributed by atoms with E-state index in [1.807, 2.05) is 0 Å². The Hall–Kier alpha value is -1.26. The van der Waals surface area contributed by atoms with Crippen LogP contribution in [0.1, 0.15) is 19.3 Å². The Morgan fingerprint density at radius 3 is 2.93 bits per heavy atom. The maximum Gasteiger partial charge on any atom is 0.317 e. The molecule has 14 heavy (non-hydrogen) atoms. The molecule has 3 amide bonds. The molecule has 78 valence electrons. The second-order valence-corrected chi connectivity index (χ2v) is 3.81. The van der Waals surface area contributed by atoms with Crippen LogP contribution in [0.2, 0.25) is 0 Å². The minimum absolute atomic E-state index is 0.0241. The molecule has 0 unspecified atom stereocenters. The zero-order valence-electron chi connectivity index (χ0n) is 8.08. The molecule has 1 aliphatic heterocycles. The fraction of sp³-hybridized carbons (Fsp3) is 0.778. The summed E-state index contributed by atoms with van der Waals surface area (Å²) in [7, 11) is 0. The largest absolute Gasteiger partial charge is 0.354 e. The van der Waals surface area contributed by atoms with Gasteiger partial charge in [-0.25, -0.2) is 4.79 Å². The van der Waals surface area contributed by atoms with Gasteiger partial charge in [0.05, 0.1) is 0 Å². The lowest BCUT2D eigenvalue weighted by Gasteiger charge is -2.19. The summed E-state index contributed by atoms with van der Waals surface area (Å²) in [5.41, 5.74) is 0. The van der Waals surface area contributed by atoms with E-state index in [4.69, 9.17) is 0 Å². The molecule has 2 N–H and O–H groups in total. The summed E-state index contributed by atoms with van der Waals surface area (Å²) >= 11 is 0. The van der Waals surface area contributed by atoms with Crippen LogP contribution in [0, 0.1) is 0 Å². The summed E-state index contributed by atoms with van der Waals surface area (Å²) in [6.07, 6.45) is 2.60. The summed E-state index contributed by atoms with van der Waals surface area (Å²) in [5, 5.41) is 5.65. The lowest BCUT2D eigenvalue weighted by Crippen LogP contribution is -2.42. The van der Waals surface area contributed by atoms with Crippen molar-refractivity contribution in [1.29, 1.82) is 0 Å². The molecule has 1 saturated carbocycles. The quantitative estimate of drug-likeness (QED) is 0.605. The van der Waals surface area contributed by atoms with Crippen LogP contribution >= 0.6 is 0 Å². The molecule has 5 nitrogen and oxygen atoms in total. The molecule has 0 aromatic rings. The minimum atomic E-state index is -0.0241. The highest BCUT2D eigenvalue weighted by molar-refractivity contribution is 5.79. The first-order chi connectivity index (χ1) is 6.75. The third-order valence-corrected chi connectivity index (χ3v) is 2.50. The van der Waals surface area contributed by atoms with Gasteiger partial charge in [0.15, 0.2) is 0 Å².